The Balaban J connectivity index is 2.33. The van der Waals surface area contributed by atoms with Gasteiger partial charge in [-0.1, -0.05) is 0 Å². The number of nitrogens with one attached hydrogen (secondary N) is 1. The highest BCUT2D eigenvalue weighted by molar-refractivity contribution is 9.10. The second-order valence-corrected chi connectivity index (χ2v) is 6.12. The van der Waals surface area contributed by atoms with Crippen molar-refractivity contribution in [3.05, 3.63) is 46.4 Å². The van der Waals surface area contributed by atoms with Crippen molar-refractivity contribution in [3.8, 4) is 0 Å². The number of furan rings is 1. The molecule has 19 heavy (non-hydrogen) atoms. The second kappa shape index (κ2) is 5.32. The Morgan fingerprint density at radius 2 is 2.05 bits per heavy atom. The number of rotatable bonds is 4. The van der Waals surface area contributed by atoms with Crippen LogP contribution >= 0.6 is 15.9 Å². The normalized spacial score (nSPS) is 11.5. The average Bonchev–Trinajstić information content (AvgIpc) is 2.83. The van der Waals surface area contributed by atoms with Gasteiger partial charge in [-0.15, -0.1) is 0 Å². The van der Waals surface area contributed by atoms with Gasteiger partial charge in [-0.3, -0.25) is 4.72 Å². The molecule has 0 bridgehead atoms. The van der Waals surface area contributed by atoms with Crippen LogP contribution in [0.5, 0.6) is 0 Å². The van der Waals surface area contributed by atoms with Crippen LogP contribution in [-0.2, 0) is 16.6 Å². The molecule has 0 aliphatic rings. The van der Waals surface area contributed by atoms with Crippen LogP contribution < -0.4 is 10.5 Å². The minimum Gasteiger partial charge on any atom is -0.446 e. The number of sulfonamides is 1. The molecule has 0 unspecified atom stereocenters. The van der Waals surface area contributed by atoms with E-state index in [0.29, 0.717) is 10.2 Å². The highest BCUT2D eigenvalue weighted by atomic mass is 79.9. The van der Waals surface area contributed by atoms with Gasteiger partial charge in [-0.05, 0) is 46.3 Å². The highest BCUT2D eigenvalue weighted by Crippen LogP contribution is 2.26. The molecule has 1 aromatic carbocycles. The number of hydrogen-bond acceptors (Lipinski definition) is 4. The lowest BCUT2D eigenvalue weighted by molar-refractivity contribution is 0.417. The van der Waals surface area contributed by atoms with Gasteiger partial charge in [0, 0.05) is 4.47 Å². The summed E-state index contributed by atoms with van der Waals surface area (Å²) in [7, 11) is -3.91. The van der Waals surface area contributed by atoms with Crippen LogP contribution in [0.2, 0.25) is 0 Å². The van der Waals surface area contributed by atoms with E-state index < -0.39 is 15.8 Å². The van der Waals surface area contributed by atoms with Crippen molar-refractivity contribution in [2.75, 3.05) is 4.72 Å². The van der Waals surface area contributed by atoms with E-state index in [2.05, 4.69) is 20.7 Å². The van der Waals surface area contributed by atoms with Gasteiger partial charge in [0.1, 0.15) is 11.6 Å². The van der Waals surface area contributed by atoms with E-state index in [9.17, 15) is 12.8 Å². The van der Waals surface area contributed by atoms with Crippen molar-refractivity contribution in [2.45, 2.75) is 11.6 Å². The zero-order chi connectivity index (χ0) is 14.0. The monoisotopic (exact) mass is 348 g/mol. The van der Waals surface area contributed by atoms with Crippen LogP contribution in [0.4, 0.5) is 10.1 Å². The SMILES string of the molecule is NCc1ccc(S(=O)(=O)Nc2cc(F)ccc2Br)o1. The number of halogens is 2. The predicted octanol–water partition coefficient (Wildman–Crippen LogP) is 2.44. The van der Waals surface area contributed by atoms with Gasteiger partial charge < -0.3 is 10.2 Å². The van der Waals surface area contributed by atoms with Crippen LogP contribution in [0.3, 0.4) is 0 Å². The van der Waals surface area contributed by atoms with E-state index in [-0.39, 0.29) is 17.3 Å². The Morgan fingerprint density at radius 1 is 1.32 bits per heavy atom. The quantitative estimate of drug-likeness (QED) is 0.888. The van der Waals surface area contributed by atoms with Crippen molar-refractivity contribution in [3.63, 3.8) is 0 Å². The summed E-state index contributed by atoms with van der Waals surface area (Å²) in [6.45, 7) is 0.0964. The van der Waals surface area contributed by atoms with Gasteiger partial charge >= 0.3 is 0 Å². The fourth-order valence-electron chi connectivity index (χ4n) is 1.38. The van der Waals surface area contributed by atoms with Crippen LogP contribution in [0.15, 0.2) is 44.3 Å². The van der Waals surface area contributed by atoms with Crippen LogP contribution in [0.1, 0.15) is 5.76 Å². The van der Waals surface area contributed by atoms with Crippen LogP contribution in [0.25, 0.3) is 0 Å². The first kappa shape index (κ1) is 14.0. The molecule has 0 amide bonds. The molecule has 1 heterocycles. The summed E-state index contributed by atoms with van der Waals surface area (Å²) < 4.78 is 44.8. The van der Waals surface area contributed by atoms with Gasteiger partial charge in [0.2, 0.25) is 5.09 Å². The third-order valence-corrected chi connectivity index (χ3v) is 4.21. The smallest absolute Gasteiger partial charge is 0.295 e. The lowest BCUT2D eigenvalue weighted by Gasteiger charge is -2.07. The molecule has 2 rings (SSSR count). The Labute approximate surface area is 117 Å². The number of benzene rings is 1. The molecule has 0 saturated heterocycles. The summed E-state index contributed by atoms with van der Waals surface area (Å²) >= 11 is 3.13. The van der Waals surface area contributed by atoms with E-state index >= 15 is 0 Å². The Bertz CT molecular complexity index is 700. The minimum atomic E-state index is -3.91. The lowest BCUT2D eigenvalue weighted by Crippen LogP contribution is -2.12. The first-order valence-corrected chi connectivity index (χ1v) is 7.46. The molecule has 102 valence electrons. The summed E-state index contributed by atoms with van der Waals surface area (Å²) in [4.78, 5) is 0. The molecule has 5 nitrogen and oxygen atoms in total. The van der Waals surface area contributed by atoms with E-state index in [4.69, 9.17) is 10.2 Å². The van der Waals surface area contributed by atoms with Crippen molar-refractivity contribution >= 4 is 31.6 Å². The highest BCUT2D eigenvalue weighted by Gasteiger charge is 2.20. The standard InChI is InChI=1S/C11H10BrFN2O3S/c12-9-3-1-7(13)5-10(9)15-19(16,17)11-4-2-8(6-14)18-11/h1-5,15H,6,14H2. The van der Waals surface area contributed by atoms with Gasteiger partial charge in [0.25, 0.3) is 10.0 Å². The van der Waals surface area contributed by atoms with Gasteiger partial charge in [-0.25, -0.2) is 4.39 Å². The summed E-state index contributed by atoms with van der Waals surface area (Å²) in [6, 6.07) is 6.43. The summed E-state index contributed by atoms with van der Waals surface area (Å²) in [6.07, 6.45) is 0. The maximum Gasteiger partial charge on any atom is 0.295 e. The molecule has 8 heteroatoms. The second-order valence-electron chi connectivity index (χ2n) is 3.65. The van der Waals surface area contributed by atoms with Crippen molar-refractivity contribution in [1.82, 2.24) is 0 Å². The minimum absolute atomic E-state index is 0.0886. The number of anilines is 1. The molecule has 0 fully saturated rings. The van der Waals surface area contributed by atoms with Crippen LogP contribution in [-0.4, -0.2) is 8.42 Å². The topological polar surface area (TPSA) is 85.3 Å². The van der Waals surface area contributed by atoms with E-state index in [1.165, 1.54) is 24.3 Å². The van der Waals surface area contributed by atoms with Crippen molar-refractivity contribution < 1.29 is 17.2 Å². The van der Waals surface area contributed by atoms with E-state index in [0.717, 1.165) is 6.07 Å². The Hall–Kier alpha value is -1.38. The first-order chi connectivity index (χ1) is 8.92. The zero-order valence-electron chi connectivity index (χ0n) is 9.56. The van der Waals surface area contributed by atoms with Crippen LogP contribution in [0, 0.1) is 5.82 Å². The van der Waals surface area contributed by atoms with Crippen molar-refractivity contribution in [2.24, 2.45) is 5.73 Å². The predicted molar refractivity (Wildman–Crippen MR) is 71.5 cm³/mol. The lowest BCUT2D eigenvalue weighted by atomic mass is 10.3. The van der Waals surface area contributed by atoms with Gasteiger partial charge in [-0.2, -0.15) is 8.42 Å². The third kappa shape index (κ3) is 3.14. The molecule has 0 radical (unpaired) electrons. The molecule has 0 aliphatic carbocycles. The Kier molecular flexibility index (Phi) is 3.93. The fourth-order valence-corrected chi connectivity index (χ4v) is 2.88. The molecule has 0 spiro atoms. The largest absolute Gasteiger partial charge is 0.446 e. The molecule has 0 aliphatic heterocycles. The molecule has 0 saturated carbocycles. The van der Waals surface area contributed by atoms with Gasteiger partial charge in [0.15, 0.2) is 0 Å². The van der Waals surface area contributed by atoms with E-state index in [1.807, 2.05) is 0 Å². The maximum absolute atomic E-state index is 13.1. The molecule has 1 aromatic heterocycles. The molecular formula is C11H10BrFN2O3S. The Morgan fingerprint density at radius 3 is 2.68 bits per heavy atom. The molecular weight excluding hydrogens is 339 g/mol. The molecule has 3 N–H and O–H groups in total. The van der Waals surface area contributed by atoms with Crippen molar-refractivity contribution in [1.29, 1.82) is 0 Å². The average molecular weight is 349 g/mol. The summed E-state index contributed by atoms with van der Waals surface area (Å²) in [5, 5.41) is -0.274. The fraction of sp³-hybridized carbons (Fsp3) is 0.0909. The number of hydrogen-bond donors (Lipinski definition) is 2. The summed E-state index contributed by atoms with van der Waals surface area (Å²) in [5.41, 5.74) is 5.43. The zero-order valence-corrected chi connectivity index (χ0v) is 12.0. The maximum atomic E-state index is 13.1. The van der Waals surface area contributed by atoms with Gasteiger partial charge in [0.05, 0.1) is 12.2 Å². The van der Waals surface area contributed by atoms with E-state index in [1.54, 1.807) is 0 Å². The number of nitrogens with two attached hydrogens (primary N) is 1. The third-order valence-electron chi connectivity index (χ3n) is 2.28. The first-order valence-electron chi connectivity index (χ1n) is 5.19. The molecule has 0 atom stereocenters. The molecule has 2 aromatic rings. The summed E-state index contributed by atoms with van der Waals surface area (Å²) in [5.74, 6) is -0.207.